The largest absolute Gasteiger partial charge is 0.471 e. The van der Waals surface area contributed by atoms with Gasteiger partial charge in [0.05, 0.1) is 16.8 Å². The first-order valence-corrected chi connectivity index (χ1v) is 10.1. The van der Waals surface area contributed by atoms with Gasteiger partial charge in [-0.05, 0) is 61.5 Å². The molecule has 3 aromatic rings. The van der Waals surface area contributed by atoms with E-state index in [1.807, 2.05) is 41.5 Å². The van der Waals surface area contributed by atoms with Crippen LogP contribution in [0, 0.1) is 11.8 Å². The fraction of sp³-hybridized carbons (Fsp3) is 0.478. The predicted octanol–water partition coefficient (Wildman–Crippen LogP) is 3.66. The van der Waals surface area contributed by atoms with Gasteiger partial charge < -0.3 is 14.6 Å². The van der Waals surface area contributed by atoms with Crippen LogP contribution in [0.3, 0.4) is 0 Å². The molecule has 0 aromatic carbocycles. The van der Waals surface area contributed by atoms with Crippen molar-refractivity contribution >= 4 is 5.65 Å². The summed E-state index contributed by atoms with van der Waals surface area (Å²) in [5.74, 6) is 6.19. The van der Waals surface area contributed by atoms with E-state index in [0.29, 0.717) is 28.3 Å². The number of rotatable bonds is 3. The van der Waals surface area contributed by atoms with Crippen molar-refractivity contribution in [2.45, 2.75) is 72.2 Å². The average molecular weight is 424 g/mol. The first-order chi connectivity index (χ1) is 14.2. The van der Waals surface area contributed by atoms with Crippen LogP contribution < -0.4 is 9.47 Å². The van der Waals surface area contributed by atoms with Crippen molar-refractivity contribution in [2.24, 2.45) is 0 Å². The molecule has 3 rings (SSSR count). The molecule has 8 nitrogen and oxygen atoms in total. The minimum atomic E-state index is -1.14. The molecular weight excluding hydrogens is 394 g/mol. The van der Waals surface area contributed by atoms with Crippen molar-refractivity contribution in [1.82, 2.24) is 24.6 Å². The average Bonchev–Trinajstić information content (AvgIpc) is 3.05. The Morgan fingerprint density at radius 2 is 1.65 bits per heavy atom. The summed E-state index contributed by atoms with van der Waals surface area (Å²) in [6.45, 7) is 14.9. The number of fused-ring (bicyclic) bond motifs is 1. The number of imidazole rings is 1. The van der Waals surface area contributed by atoms with Gasteiger partial charge in [0.25, 0.3) is 0 Å². The summed E-state index contributed by atoms with van der Waals surface area (Å²) in [5, 5.41) is 14.6. The number of aliphatic hydroxyl groups is 1. The molecule has 0 fully saturated rings. The number of aromatic nitrogens is 5. The summed E-state index contributed by atoms with van der Waals surface area (Å²) in [4.78, 5) is 13.2. The molecule has 0 unspecified atom stereocenters. The second-order valence-corrected chi connectivity index (χ2v) is 9.75. The van der Waals surface area contributed by atoms with Crippen LogP contribution in [0.5, 0.6) is 11.9 Å². The molecule has 0 amide bonds. The van der Waals surface area contributed by atoms with Crippen molar-refractivity contribution in [3.8, 4) is 35.0 Å². The van der Waals surface area contributed by atoms with Gasteiger partial charge >= 0.3 is 6.01 Å². The smallest absolute Gasteiger partial charge is 0.320 e. The Morgan fingerprint density at radius 1 is 0.968 bits per heavy atom. The molecule has 0 aliphatic heterocycles. The third-order valence-corrected chi connectivity index (χ3v) is 3.67. The maximum absolute atomic E-state index is 10.0. The summed E-state index contributed by atoms with van der Waals surface area (Å²) in [6, 6.07) is 2.01. The molecule has 0 atom stereocenters. The van der Waals surface area contributed by atoms with Gasteiger partial charge in [0.2, 0.25) is 5.88 Å². The topological polar surface area (TPSA) is 94.7 Å². The zero-order chi connectivity index (χ0) is 23.0. The maximum atomic E-state index is 10.0. The highest BCUT2D eigenvalue weighted by molar-refractivity contribution is 5.69. The Bertz CT molecular complexity index is 1150. The summed E-state index contributed by atoms with van der Waals surface area (Å²) < 4.78 is 13.6. The molecule has 0 spiro atoms. The van der Waals surface area contributed by atoms with E-state index in [1.165, 1.54) is 0 Å². The quantitative estimate of drug-likeness (QED) is 0.642. The van der Waals surface area contributed by atoms with Crippen molar-refractivity contribution < 1.29 is 14.6 Å². The maximum Gasteiger partial charge on any atom is 0.320 e. The monoisotopic (exact) mass is 423 g/mol. The van der Waals surface area contributed by atoms with Crippen LogP contribution in [0.4, 0.5) is 0 Å². The Labute approximate surface area is 182 Å². The lowest BCUT2D eigenvalue weighted by molar-refractivity contribution is 0.103. The van der Waals surface area contributed by atoms with Gasteiger partial charge in [0.1, 0.15) is 16.8 Å². The van der Waals surface area contributed by atoms with E-state index in [2.05, 4.69) is 31.9 Å². The lowest BCUT2D eigenvalue weighted by Crippen LogP contribution is -2.26. The highest BCUT2D eigenvalue weighted by Crippen LogP contribution is 2.32. The number of hydrogen-bond donors (Lipinski definition) is 1. The van der Waals surface area contributed by atoms with Crippen LogP contribution in [0.15, 0.2) is 24.7 Å². The summed E-state index contributed by atoms with van der Waals surface area (Å²) in [5.41, 5.74) is 0.285. The van der Waals surface area contributed by atoms with Crippen LogP contribution in [0.2, 0.25) is 0 Å². The molecule has 0 saturated heterocycles. The minimum Gasteiger partial charge on any atom is -0.471 e. The van der Waals surface area contributed by atoms with Crippen LogP contribution in [-0.2, 0) is 0 Å². The van der Waals surface area contributed by atoms with E-state index in [9.17, 15) is 5.11 Å². The molecule has 0 aliphatic rings. The fourth-order valence-electron chi connectivity index (χ4n) is 2.58. The van der Waals surface area contributed by atoms with Gasteiger partial charge in [-0.3, -0.25) is 0 Å². The Hall–Kier alpha value is -3.18. The Kier molecular flexibility index (Phi) is 5.68. The third-order valence-electron chi connectivity index (χ3n) is 3.67. The number of ether oxygens (including phenoxy) is 2. The van der Waals surface area contributed by atoms with E-state index in [1.54, 1.807) is 43.0 Å². The molecular formula is C23H29N5O3. The van der Waals surface area contributed by atoms with E-state index in [4.69, 9.17) is 9.47 Å². The zero-order valence-electron chi connectivity index (χ0n) is 19.3. The van der Waals surface area contributed by atoms with Gasteiger partial charge in [-0.15, -0.1) is 0 Å². The summed E-state index contributed by atoms with van der Waals surface area (Å²) >= 11 is 0. The second kappa shape index (κ2) is 7.82. The van der Waals surface area contributed by atoms with Gasteiger partial charge in [0, 0.05) is 18.6 Å². The van der Waals surface area contributed by atoms with Crippen molar-refractivity contribution in [2.75, 3.05) is 0 Å². The number of hydrogen-bond acceptors (Lipinski definition) is 7. The van der Waals surface area contributed by atoms with Gasteiger partial charge in [-0.25, -0.2) is 14.5 Å². The number of nitrogens with zero attached hydrogens (tertiary/aromatic N) is 5. The summed E-state index contributed by atoms with van der Waals surface area (Å²) in [6.07, 6.45) is 5.01. The molecule has 0 radical (unpaired) electrons. The Balaban J connectivity index is 2.17. The fourth-order valence-corrected chi connectivity index (χ4v) is 2.58. The standard InChI is InChI=1S/C23H29N5O3/c1-21(2,3)30-19-16(14-25-20(26-19)31-22(4,5)6)17-13-15(9-10-23(7,8)29)18-24-11-12-28(18)27-17/h11-14,29H,1-8H3. The van der Waals surface area contributed by atoms with Gasteiger partial charge in [-0.2, -0.15) is 10.1 Å². The molecule has 1 N–H and O–H groups in total. The molecule has 31 heavy (non-hydrogen) atoms. The molecule has 3 aromatic heterocycles. The first-order valence-electron chi connectivity index (χ1n) is 10.1. The zero-order valence-corrected chi connectivity index (χ0v) is 19.3. The van der Waals surface area contributed by atoms with Gasteiger partial charge in [0.15, 0.2) is 5.65 Å². The third kappa shape index (κ3) is 6.15. The minimum absolute atomic E-state index is 0.223. The van der Waals surface area contributed by atoms with E-state index in [0.717, 1.165) is 0 Å². The first kappa shape index (κ1) is 22.5. The van der Waals surface area contributed by atoms with Gasteiger partial charge in [-0.1, -0.05) is 11.8 Å². The second-order valence-electron chi connectivity index (χ2n) is 9.75. The van der Waals surface area contributed by atoms with Crippen LogP contribution in [0.1, 0.15) is 61.0 Å². The normalized spacial score (nSPS) is 12.4. The highest BCUT2D eigenvalue weighted by Gasteiger charge is 2.22. The molecule has 8 heteroatoms. The molecule has 0 aliphatic carbocycles. The molecule has 3 heterocycles. The lowest BCUT2D eigenvalue weighted by atomic mass is 10.1. The van der Waals surface area contributed by atoms with Crippen LogP contribution in [0.25, 0.3) is 16.9 Å². The SMILES string of the molecule is CC(C)(O)C#Cc1cc(-c2cnc(OC(C)(C)C)nc2OC(C)(C)C)nn2ccnc12. The Morgan fingerprint density at radius 3 is 2.26 bits per heavy atom. The summed E-state index contributed by atoms with van der Waals surface area (Å²) in [7, 11) is 0. The van der Waals surface area contributed by atoms with Crippen molar-refractivity contribution in [3.05, 3.63) is 30.2 Å². The van der Waals surface area contributed by atoms with Crippen molar-refractivity contribution in [3.63, 3.8) is 0 Å². The predicted molar refractivity (Wildman–Crippen MR) is 118 cm³/mol. The van der Waals surface area contributed by atoms with Crippen molar-refractivity contribution in [1.29, 1.82) is 0 Å². The van der Waals surface area contributed by atoms with E-state index in [-0.39, 0.29) is 6.01 Å². The molecule has 0 saturated carbocycles. The van der Waals surface area contributed by atoms with E-state index >= 15 is 0 Å². The molecule has 0 bridgehead atoms. The highest BCUT2D eigenvalue weighted by atomic mass is 16.5. The lowest BCUT2D eigenvalue weighted by Gasteiger charge is -2.24. The molecule has 164 valence electrons. The van der Waals surface area contributed by atoms with E-state index < -0.39 is 16.8 Å². The van der Waals surface area contributed by atoms with Crippen LogP contribution in [-0.4, -0.2) is 46.5 Å². The van der Waals surface area contributed by atoms with Crippen LogP contribution >= 0.6 is 0 Å².